The second kappa shape index (κ2) is 5.62. The Kier molecular flexibility index (Phi) is 3.83. The standard InChI is InChI=1S/C17H17BrN2O/c1-11-14(6-4-7-15(11)18)17(21)20-10-13(19)9-12-5-2-3-8-16(12)20/h2-8,13H,9-10,19H2,1H3. The molecule has 2 N–H and O–H groups in total. The van der Waals surface area contributed by atoms with Crippen molar-refractivity contribution in [1.82, 2.24) is 0 Å². The zero-order valence-corrected chi connectivity index (χ0v) is 13.4. The first kappa shape index (κ1) is 14.3. The summed E-state index contributed by atoms with van der Waals surface area (Å²) in [4.78, 5) is 14.7. The molecule has 0 saturated heterocycles. The monoisotopic (exact) mass is 344 g/mol. The SMILES string of the molecule is Cc1c(Br)cccc1C(=O)N1CC(N)Cc2ccccc21. The fraction of sp³-hybridized carbons (Fsp3) is 0.235. The van der Waals surface area contributed by atoms with E-state index in [9.17, 15) is 4.79 Å². The van der Waals surface area contributed by atoms with Gasteiger partial charge in [0.25, 0.3) is 5.91 Å². The largest absolute Gasteiger partial charge is 0.326 e. The number of hydrogen-bond donors (Lipinski definition) is 1. The van der Waals surface area contributed by atoms with Gasteiger partial charge in [-0.25, -0.2) is 0 Å². The van der Waals surface area contributed by atoms with Gasteiger partial charge < -0.3 is 10.6 Å². The van der Waals surface area contributed by atoms with Crippen molar-refractivity contribution in [3.05, 3.63) is 63.6 Å². The van der Waals surface area contributed by atoms with E-state index in [0.717, 1.165) is 27.7 Å². The van der Waals surface area contributed by atoms with E-state index in [4.69, 9.17) is 5.73 Å². The number of nitrogens with two attached hydrogens (primary N) is 1. The molecule has 0 aromatic heterocycles. The maximum absolute atomic E-state index is 12.9. The average Bonchev–Trinajstić information content (AvgIpc) is 2.48. The van der Waals surface area contributed by atoms with Crippen LogP contribution in [0.3, 0.4) is 0 Å². The summed E-state index contributed by atoms with van der Waals surface area (Å²) in [5.41, 5.74) is 9.91. The van der Waals surface area contributed by atoms with Gasteiger partial charge in [0.2, 0.25) is 0 Å². The number of hydrogen-bond acceptors (Lipinski definition) is 2. The summed E-state index contributed by atoms with van der Waals surface area (Å²) in [6, 6.07) is 13.7. The minimum Gasteiger partial charge on any atom is -0.326 e. The Labute approximate surface area is 132 Å². The second-order valence-corrected chi connectivity index (χ2v) is 6.28. The first-order chi connectivity index (χ1) is 10.1. The molecule has 0 bridgehead atoms. The highest BCUT2D eigenvalue weighted by Gasteiger charge is 2.28. The Morgan fingerprint density at radius 1 is 1.24 bits per heavy atom. The van der Waals surface area contributed by atoms with Gasteiger partial charge >= 0.3 is 0 Å². The Morgan fingerprint density at radius 2 is 2.00 bits per heavy atom. The van der Waals surface area contributed by atoms with Crippen LogP contribution in [0.4, 0.5) is 5.69 Å². The van der Waals surface area contributed by atoms with Gasteiger partial charge in [-0.1, -0.05) is 40.2 Å². The number of fused-ring (bicyclic) bond motifs is 1. The Bertz CT molecular complexity index is 699. The second-order valence-electron chi connectivity index (χ2n) is 5.42. The fourth-order valence-electron chi connectivity index (χ4n) is 2.80. The number of rotatable bonds is 1. The third-order valence-corrected chi connectivity index (χ3v) is 4.78. The predicted octanol–water partition coefficient (Wildman–Crippen LogP) is 3.29. The smallest absolute Gasteiger partial charge is 0.258 e. The molecular formula is C17H17BrN2O. The van der Waals surface area contributed by atoms with E-state index in [2.05, 4.69) is 15.9 Å². The summed E-state index contributed by atoms with van der Waals surface area (Å²) in [6.07, 6.45) is 0.817. The maximum Gasteiger partial charge on any atom is 0.258 e. The molecule has 2 aromatic carbocycles. The molecule has 1 aliphatic heterocycles. The molecule has 2 aromatic rings. The molecule has 108 valence electrons. The molecule has 0 spiro atoms. The van der Waals surface area contributed by atoms with E-state index in [-0.39, 0.29) is 11.9 Å². The van der Waals surface area contributed by atoms with Crippen LogP contribution in [0.2, 0.25) is 0 Å². The lowest BCUT2D eigenvalue weighted by Gasteiger charge is -2.33. The van der Waals surface area contributed by atoms with Crippen molar-refractivity contribution in [1.29, 1.82) is 0 Å². The van der Waals surface area contributed by atoms with Crippen molar-refractivity contribution < 1.29 is 4.79 Å². The summed E-state index contributed by atoms with van der Waals surface area (Å²) < 4.78 is 0.947. The molecule has 0 aliphatic carbocycles. The minimum absolute atomic E-state index is 0.0106. The predicted molar refractivity (Wildman–Crippen MR) is 88.7 cm³/mol. The third-order valence-electron chi connectivity index (χ3n) is 3.92. The summed E-state index contributed by atoms with van der Waals surface area (Å²) in [6.45, 7) is 2.51. The van der Waals surface area contributed by atoms with E-state index < -0.39 is 0 Å². The van der Waals surface area contributed by atoms with Crippen LogP contribution in [0.1, 0.15) is 21.5 Å². The minimum atomic E-state index is -0.0173. The Morgan fingerprint density at radius 3 is 2.81 bits per heavy atom. The lowest BCUT2D eigenvalue weighted by Crippen LogP contribution is -2.46. The summed E-state index contributed by atoms with van der Waals surface area (Å²) in [7, 11) is 0. The van der Waals surface area contributed by atoms with Crippen molar-refractivity contribution in [2.24, 2.45) is 5.73 Å². The summed E-state index contributed by atoms with van der Waals surface area (Å²) >= 11 is 3.49. The highest BCUT2D eigenvalue weighted by atomic mass is 79.9. The van der Waals surface area contributed by atoms with E-state index in [1.165, 1.54) is 0 Å². The topological polar surface area (TPSA) is 46.3 Å². The van der Waals surface area contributed by atoms with E-state index in [1.807, 2.05) is 49.4 Å². The van der Waals surface area contributed by atoms with Gasteiger partial charge in [-0.15, -0.1) is 0 Å². The molecule has 3 rings (SSSR count). The van der Waals surface area contributed by atoms with Crippen molar-refractivity contribution in [3.8, 4) is 0 Å². The zero-order valence-electron chi connectivity index (χ0n) is 11.8. The van der Waals surface area contributed by atoms with E-state index >= 15 is 0 Å². The molecule has 0 saturated carbocycles. The number of nitrogens with zero attached hydrogens (tertiary/aromatic N) is 1. The number of carbonyl (C=O) groups excluding carboxylic acids is 1. The molecular weight excluding hydrogens is 328 g/mol. The van der Waals surface area contributed by atoms with E-state index in [1.54, 1.807) is 4.90 Å². The first-order valence-corrected chi connectivity index (χ1v) is 7.77. The number of halogens is 1. The molecule has 1 amide bonds. The Balaban J connectivity index is 2.04. The number of anilines is 1. The van der Waals surface area contributed by atoms with Gasteiger partial charge in [0.1, 0.15) is 0 Å². The van der Waals surface area contributed by atoms with Crippen molar-refractivity contribution in [2.75, 3.05) is 11.4 Å². The molecule has 21 heavy (non-hydrogen) atoms. The van der Waals surface area contributed by atoms with Crippen LogP contribution in [-0.2, 0) is 6.42 Å². The quantitative estimate of drug-likeness (QED) is 0.862. The molecule has 4 heteroatoms. The zero-order chi connectivity index (χ0) is 15.0. The van der Waals surface area contributed by atoms with Crippen molar-refractivity contribution in [2.45, 2.75) is 19.4 Å². The van der Waals surface area contributed by atoms with Crippen LogP contribution in [0, 0.1) is 6.92 Å². The molecule has 0 fully saturated rings. The van der Waals surface area contributed by atoms with Gasteiger partial charge in [-0.05, 0) is 42.7 Å². The number of benzene rings is 2. The average molecular weight is 345 g/mol. The molecule has 1 unspecified atom stereocenters. The normalized spacial score (nSPS) is 17.5. The van der Waals surface area contributed by atoms with Crippen molar-refractivity contribution >= 4 is 27.5 Å². The van der Waals surface area contributed by atoms with Gasteiger partial charge in [-0.2, -0.15) is 0 Å². The third kappa shape index (κ3) is 2.61. The summed E-state index contributed by atoms with van der Waals surface area (Å²) in [5, 5.41) is 0. The lowest BCUT2D eigenvalue weighted by molar-refractivity contribution is 0.0982. The van der Waals surface area contributed by atoms with Crippen LogP contribution >= 0.6 is 15.9 Å². The van der Waals surface area contributed by atoms with E-state index in [0.29, 0.717) is 12.1 Å². The number of para-hydroxylation sites is 1. The van der Waals surface area contributed by atoms with Gasteiger partial charge in [0.15, 0.2) is 0 Å². The molecule has 3 nitrogen and oxygen atoms in total. The highest BCUT2D eigenvalue weighted by Crippen LogP contribution is 2.29. The van der Waals surface area contributed by atoms with Crippen LogP contribution in [-0.4, -0.2) is 18.5 Å². The van der Waals surface area contributed by atoms with Crippen LogP contribution in [0.25, 0.3) is 0 Å². The lowest BCUT2D eigenvalue weighted by atomic mass is 9.97. The molecule has 1 aliphatic rings. The number of carbonyl (C=O) groups is 1. The molecule has 1 atom stereocenters. The van der Waals surface area contributed by atoms with Gasteiger partial charge in [-0.3, -0.25) is 4.79 Å². The van der Waals surface area contributed by atoms with Crippen LogP contribution in [0.5, 0.6) is 0 Å². The Hall–Kier alpha value is -1.65. The van der Waals surface area contributed by atoms with Crippen LogP contribution < -0.4 is 10.6 Å². The molecule has 0 radical (unpaired) electrons. The first-order valence-electron chi connectivity index (χ1n) is 6.98. The maximum atomic E-state index is 12.9. The molecule has 1 heterocycles. The van der Waals surface area contributed by atoms with Gasteiger partial charge in [0, 0.05) is 28.3 Å². The van der Waals surface area contributed by atoms with Gasteiger partial charge in [0.05, 0.1) is 0 Å². The van der Waals surface area contributed by atoms with Crippen LogP contribution in [0.15, 0.2) is 46.9 Å². The fourth-order valence-corrected chi connectivity index (χ4v) is 3.17. The van der Waals surface area contributed by atoms with Crippen molar-refractivity contribution in [3.63, 3.8) is 0 Å². The number of amides is 1. The summed E-state index contributed by atoms with van der Waals surface area (Å²) in [5.74, 6) is 0.0106. The highest BCUT2D eigenvalue weighted by molar-refractivity contribution is 9.10.